The summed E-state index contributed by atoms with van der Waals surface area (Å²) in [5.41, 5.74) is 2.80. The van der Waals surface area contributed by atoms with E-state index in [0.29, 0.717) is 18.7 Å². The fourth-order valence-corrected chi connectivity index (χ4v) is 2.76. The normalized spacial score (nSPS) is 14.5. The standard InChI is InChI=1S/C18H19N3O2/c1-13(17(22)20-11-8-14-6-9-19-10-7-14)21-12-15-4-2-3-5-16(15)18(21)23/h2-7,9-10,13H,8,11-12H2,1H3,(H,20,22). The zero-order valence-corrected chi connectivity index (χ0v) is 13.0. The quantitative estimate of drug-likeness (QED) is 0.916. The summed E-state index contributed by atoms with van der Waals surface area (Å²) < 4.78 is 0. The molecule has 1 aromatic heterocycles. The minimum Gasteiger partial charge on any atom is -0.354 e. The molecule has 0 spiro atoms. The van der Waals surface area contributed by atoms with E-state index in [1.54, 1.807) is 24.2 Å². The van der Waals surface area contributed by atoms with Crippen LogP contribution in [0.1, 0.15) is 28.4 Å². The third-order valence-electron chi connectivity index (χ3n) is 4.16. The average molecular weight is 309 g/mol. The number of carbonyl (C=O) groups excluding carboxylic acids is 2. The molecule has 0 fully saturated rings. The summed E-state index contributed by atoms with van der Waals surface area (Å²) in [4.78, 5) is 30.3. The van der Waals surface area contributed by atoms with E-state index in [1.807, 2.05) is 36.4 Å². The molecule has 1 atom stereocenters. The number of benzene rings is 1. The maximum atomic E-state index is 12.4. The molecule has 118 valence electrons. The molecule has 0 saturated carbocycles. The Kier molecular flexibility index (Phi) is 4.37. The molecule has 2 amide bonds. The molecular weight excluding hydrogens is 290 g/mol. The summed E-state index contributed by atoms with van der Waals surface area (Å²) in [6.45, 7) is 2.81. The van der Waals surface area contributed by atoms with Crippen molar-refractivity contribution in [1.82, 2.24) is 15.2 Å². The van der Waals surface area contributed by atoms with E-state index >= 15 is 0 Å². The van der Waals surface area contributed by atoms with Gasteiger partial charge in [0.2, 0.25) is 5.91 Å². The highest BCUT2D eigenvalue weighted by molar-refractivity contribution is 6.00. The van der Waals surface area contributed by atoms with Gasteiger partial charge in [-0.25, -0.2) is 0 Å². The molecule has 0 radical (unpaired) electrons. The lowest BCUT2D eigenvalue weighted by molar-refractivity contribution is -0.125. The van der Waals surface area contributed by atoms with Gasteiger partial charge in [-0.05, 0) is 42.7 Å². The van der Waals surface area contributed by atoms with E-state index in [1.165, 1.54) is 0 Å². The van der Waals surface area contributed by atoms with E-state index in [-0.39, 0.29) is 11.8 Å². The van der Waals surface area contributed by atoms with Crippen LogP contribution in [0.5, 0.6) is 0 Å². The van der Waals surface area contributed by atoms with Crippen LogP contribution < -0.4 is 5.32 Å². The summed E-state index contributed by atoms with van der Waals surface area (Å²) >= 11 is 0. The van der Waals surface area contributed by atoms with Crippen molar-refractivity contribution in [1.29, 1.82) is 0 Å². The van der Waals surface area contributed by atoms with Crippen LogP contribution in [0.4, 0.5) is 0 Å². The van der Waals surface area contributed by atoms with E-state index in [4.69, 9.17) is 0 Å². The highest BCUT2D eigenvalue weighted by Crippen LogP contribution is 2.24. The molecular formula is C18H19N3O2. The van der Waals surface area contributed by atoms with Crippen molar-refractivity contribution in [2.45, 2.75) is 25.9 Å². The van der Waals surface area contributed by atoms with Crippen LogP contribution in [-0.2, 0) is 17.8 Å². The summed E-state index contributed by atoms with van der Waals surface area (Å²) in [5, 5.41) is 2.90. The molecule has 1 aliphatic rings. The molecule has 5 heteroatoms. The number of carbonyl (C=O) groups is 2. The van der Waals surface area contributed by atoms with E-state index in [0.717, 1.165) is 17.5 Å². The van der Waals surface area contributed by atoms with Crippen LogP contribution in [0, 0.1) is 0 Å². The van der Waals surface area contributed by atoms with Crippen molar-refractivity contribution in [3.05, 3.63) is 65.5 Å². The zero-order valence-electron chi connectivity index (χ0n) is 13.0. The van der Waals surface area contributed by atoms with Crippen LogP contribution in [0.3, 0.4) is 0 Å². The SMILES string of the molecule is CC(C(=O)NCCc1ccncc1)N1Cc2ccccc2C1=O. The van der Waals surface area contributed by atoms with Gasteiger partial charge in [0.1, 0.15) is 6.04 Å². The van der Waals surface area contributed by atoms with Gasteiger partial charge < -0.3 is 10.2 Å². The summed E-state index contributed by atoms with van der Waals surface area (Å²) in [7, 11) is 0. The van der Waals surface area contributed by atoms with Crippen LogP contribution in [0.15, 0.2) is 48.8 Å². The van der Waals surface area contributed by atoms with Crippen molar-refractivity contribution in [3.8, 4) is 0 Å². The first kappa shape index (κ1) is 15.2. The molecule has 1 aliphatic heterocycles. The lowest BCUT2D eigenvalue weighted by atomic mass is 10.1. The molecule has 23 heavy (non-hydrogen) atoms. The second-order valence-corrected chi connectivity index (χ2v) is 5.66. The van der Waals surface area contributed by atoms with Crippen LogP contribution in [0.25, 0.3) is 0 Å². The Labute approximate surface area is 135 Å². The van der Waals surface area contributed by atoms with Crippen molar-refractivity contribution < 1.29 is 9.59 Å². The van der Waals surface area contributed by atoms with Crippen molar-refractivity contribution in [2.24, 2.45) is 0 Å². The number of nitrogens with one attached hydrogen (secondary N) is 1. The van der Waals surface area contributed by atoms with E-state index in [2.05, 4.69) is 10.3 Å². The number of hydrogen-bond acceptors (Lipinski definition) is 3. The molecule has 3 rings (SSSR count). The number of aromatic nitrogens is 1. The number of nitrogens with zero attached hydrogens (tertiary/aromatic N) is 2. The maximum absolute atomic E-state index is 12.4. The van der Waals surface area contributed by atoms with Gasteiger partial charge in [0.25, 0.3) is 5.91 Å². The molecule has 2 aromatic rings. The van der Waals surface area contributed by atoms with E-state index < -0.39 is 6.04 Å². The lowest BCUT2D eigenvalue weighted by Crippen LogP contribution is -2.45. The molecule has 1 unspecified atom stereocenters. The maximum Gasteiger partial charge on any atom is 0.255 e. The second kappa shape index (κ2) is 6.60. The number of fused-ring (bicyclic) bond motifs is 1. The number of hydrogen-bond donors (Lipinski definition) is 1. The number of pyridine rings is 1. The Morgan fingerprint density at radius 3 is 2.74 bits per heavy atom. The summed E-state index contributed by atoms with van der Waals surface area (Å²) in [5.74, 6) is -0.197. The zero-order chi connectivity index (χ0) is 16.2. The van der Waals surface area contributed by atoms with Gasteiger partial charge in [0.05, 0.1) is 0 Å². The van der Waals surface area contributed by atoms with Crippen LogP contribution in [-0.4, -0.2) is 34.3 Å². The largest absolute Gasteiger partial charge is 0.354 e. The molecule has 0 saturated heterocycles. The lowest BCUT2D eigenvalue weighted by Gasteiger charge is -2.23. The third kappa shape index (κ3) is 3.23. The Hall–Kier alpha value is -2.69. The Bertz CT molecular complexity index is 715. The first-order chi connectivity index (χ1) is 11.2. The van der Waals surface area contributed by atoms with Gasteiger partial charge in [0.15, 0.2) is 0 Å². The smallest absolute Gasteiger partial charge is 0.255 e. The molecule has 2 heterocycles. The summed E-state index contributed by atoms with van der Waals surface area (Å²) in [6.07, 6.45) is 4.22. The second-order valence-electron chi connectivity index (χ2n) is 5.66. The van der Waals surface area contributed by atoms with Gasteiger partial charge >= 0.3 is 0 Å². The molecule has 1 aromatic carbocycles. The number of amides is 2. The minimum absolute atomic E-state index is 0.0719. The van der Waals surface area contributed by atoms with Gasteiger partial charge in [-0.2, -0.15) is 0 Å². The average Bonchev–Trinajstić information content (AvgIpc) is 2.92. The van der Waals surface area contributed by atoms with Crippen molar-refractivity contribution in [2.75, 3.05) is 6.54 Å². The van der Waals surface area contributed by atoms with E-state index in [9.17, 15) is 9.59 Å². The topological polar surface area (TPSA) is 62.3 Å². The Morgan fingerprint density at radius 2 is 2.00 bits per heavy atom. The monoisotopic (exact) mass is 309 g/mol. The fourth-order valence-electron chi connectivity index (χ4n) is 2.76. The number of rotatable bonds is 5. The highest BCUT2D eigenvalue weighted by atomic mass is 16.2. The first-order valence-electron chi connectivity index (χ1n) is 7.72. The highest BCUT2D eigenvalue weighted by Gasteiger charge is 2.33. The van der Waals surface area contributed by atoms with Crippen LogP contribution >= 0.6 is 0 Å². The first-order valence-corrected chi connectivity index (χ1v) is 7.72. The Balaban J connectivity index is 1.55. The predicted molar refractivity (Wildman–Crippen MR) is 86.7 cm³/mol. The molecule has 1 N–H and O–H groups in total. The molecule has 0 aliphatic carbocycles. The van der Waals surface area contributed by atoms with Crippen molar-refractivity contribution >= 4 is 11.8 Å². The Morgan fingerprint density at radius 1 is 1.26 bits per heavy atom. The molecule has 0 bridgehead atoms. The molecule has 5 nitrogen and oxygen atoms in total. The van der Waals surface area contributed by atoms with Crippen LogP contribution in [0.2, 0.25) is 0 Å². The fraction of sp³-hybridized carbons (Fsp3) is 0.278. The predicted octanol–water partition coefficient (Wildman–Crippen LogP) is 1.78. The summed E-state index contributed by atoms with van der Waals surface area (Å²) in [6, 6.07) is 10.9. The van der Waals surface area contributed by atoms with Crippen molar-refractivity contribution in [3.63, 3.8) is 0 Å². The minimum atomic E-state index is -0.479. The van der Waals surface area contributed by atoms with Gasteiger partial charge in [-0.15, -0.1) is 0 Å². The van der Waals surface area contributed by atoms with Gasteiger partial charge in [-0.1, -0.05) is 18.2 Å². The van der Waals surface area contributed by atoms with Gasteiger partial charge in [-0.3, -0.25) is 14.6 Å². The van der Waals surface area contributed by atoms with Gasteiger partial charge in [0, 0.05) is 31.0 Å². The third-order valence-corrected chi connectivity index (χ3v) is 4.16.